The number of nitrogens with zero attached hydrogens (tertiary/aromatic N) is 1. The van der Waals surface area contributed by atoms with Gasteiger partial charge in [-0.05, 0) is 42.5 Å². The highest BCUT2D eigenvalue weighted by molar-refractivity contribution is 9.10. The molecule has 1 aromatic heterocycles. The molecule has 0 unspecified atom stereocenters. The summed E-state index contributed by atoms with van der Waals surface area (Å²) in [4.78, 5) is 42.0. The first-order valence-electron chi connectivity index (χ1n) is 9.99. The lowest BCUT2D eigenvalue weighted by molar-refractivity contribution is -0.131. The van der Waals surface area contributed by atoms with Crippen molar-refractivity contribution in [1.82, 2.24) is 15.2 Å². The van der Waals surface area contributed by atoms with Crippen molar-refractivity contribution >= 4 is 44.6 Å². The van der Waals surface area contributed by atoms with Gasteiger partial charge in [-0.2, -0.15) is 0 Å². The molecule has 0 spiro atoms. The van der Waals surface area contributed by atoms with Crippen LogP contribution in [0.25, 0.3) is 10.9 Å². The van der Waals surface area contributed by atoms with E-state index in [1.165, 1.54) is 7.11 Å². The summed E-state index contributed by atoms with van der Waals surface area (Å²) >= 11 is 3.34. The maximum Gasteiger partial charge on any atom is 0.337 e. The van der Waals surface area contributed by atoms with Gasteiger partial charge in [-0.1, -0.05) is 15.9 Å². The van der Waals surface area contributed by atoms with Crippen LogP contribution in [-0.4, -0.2) is 47.9 Å². The lowest BCUT2D eigenvalue weighted by atomic mass is 10.0. The molecule has 1 aliphatic rings. The third kappa shape index (κ3) is 4.49. The van der Waals surface area contributed by atoms with Crippen molar-refractivity contribution in [2.45, 2.75) is 19.4 Å². The van der Waals surface area contributed by atoms with Crippen LogP contribution in [0.4, 0.5) is 0 Å². The van der Waals surface area contributed by atoms with Gasteiger partial charge in [0.2, 0.25) is 5.91 Å². The monoisotopic (exact) mass is 483 g/mol. The molecule has 31 heavy (non-hydrogen) atoms. The lowest BCUT2D eigenvalue weighted by Gasteiger charge is -2.27. The number of halogens is 1. The van der Waals surface area contributed by atoms with Gasteiger partial charge < -0.3 is 19.9 Å². The van der Waals surface area contributed by atoms with Crippen molar-refractivity contribution in [2.75, 3.05) is 20.2 Å². The molecule has 2 N–H and O–H groups in total. The first-order valence-corrected chi connectivity index (χ1v) is 10.8. The average Bonchev–Trinajstić information content (AvgIpc) is 3.15. The number of carbonyl (C=O) groups excluding carboxylic acids is 3. The van der Waals surface area contributed by atoms with E-state index in [2.05, 4.69) is 26.2 Å². The second-order valence-corrected chi connectivity index (χ2v) is 8.33. The number of rotatable bonds is 5. The maximum absolute atomic E-state index is 12.7. The van der Waals surface area contributed by atoms with Gasteiger partial charge in [-0.3, -0.25) is 9.59 Å². The quantitative estimate of drug-likeness (QED) is 0.543. The highest BCUT2D eigenvalue weighted by atomic mass is 79.9. The molecule has 0 bridgehead atoms. The SMILES string of the molecule is COC(=O)c1ccc2[nH]c3c(c2c1)CN(C(=O)CCNC(=O)c1ccc(Br)cc1)CC3. The number of nitrogens with one attached hydrogen (secondary N) is 2. The summed E-state index contributed by atoms with van der Waals surface area (Å²) in [6.07, 6.45) is 0.946. The predicted molar refractivity (Wildman–Crippen MR) is 120 cm³/mol. The zero-order chi connectivity index (χ0) is 22.0. The lowest BCUT2D eigenvalue weighted by Crippen LogP contribution is -2.37. The van der Waals surface area contributed by atoms with Crippen LogP contribution < -0.4 is 5.32 Å². The van der Waals surface area contributed by atoms with E-state index >= 15 is 0 Å². The zero-order valence-electron chi connectivity index (χ0n) is 17.0. The van der Waals surface area contributed by atoms with E-state index in [4.69, 9.17) is 4.74 Å². The standard InChI is InChI=1S/C23H22BrN3O4/c1-31-23(30)15-4-7-19-17(12-15)18-13-27(11-9-20(18)26-19)21(28)8-10-25-22(29)14-2-5-16(24)6-3-14/h2-7,12,26H,8-11,13H2,1H3,(H,25,29). The van der Waals surface area contributed by atoms with Crippen LogP contribution in [0.1, 0.15) is 38.4 Å². The van der Waals surface area contributed by atoms with Crippen molar-refractivity contribution in [3.05, 3.63) is 69.3 Å². The Morgan fingerprint density at radius 2 is 1.87 bits per heavy atom. The first-order chi connectivity index (χ1) is 15.0. The summed E-state index contributed by atoms with van der Waals surface area (Å²) in [5.41, 5.74) is 4.09. The molecule has 2 amide bonds. The van der Waals surface area contributed by atoms with Crippen molar-refractivity contribution in [3.63, 3.8) is 0 Å². The Labute approximate surface area is 187 Å². The number of aromatic amines is 1. The number of aromatic nitrogens is 1. The smallest absolute Gasteiger partial charge is 0.337 e. The number of fused-ring (bicyclic) bond motifs is 3. The Bertz CT molecular complexity index is 1150. The van der Waals surface area contributed by atoms with Gasteiger partial charge in [-0.25, -0.2) is 4.79 Å². The average molecular weight is 484 g/mol. The molecule has 2 aromatic carbocycles. The van der Waals surface area contributed by atoms with Crippen LogP contribution >= 0.6 is 15.9 Å². The van der Waals surface area contributed by atoms with E-state index in [0.717, 1.165) is 26.6 Å². The summed E-state index contributed by atoms with van der Waals surface area (Å²) in [6, 6.07) is 12.5. The van der Waals surface area contributed by atoms with Crippen molar-refractivity contribution in [2.24, 2.45) is 0 Å². The molecule has 0 atom stereocenters. The van der Waals surface area contributed by atoms with Crippen LogP contribution in [0.3, 0.4) is 0 Å². The van der Waals surface area contributed by atoms with E-state index < -0.39 is 0 Å². The minimum absolute atomic E-state index is 0.0137. The van der Waals surface area contributed by atoms with Gasteiger partial charge >= 0.3 is 5.97 Å². The summed E-state index contributed by atoms with van der Waals surface area (Å²) in [7, 11) is 1.36. The zero-order valence-corrected chi connectivity index (χ0v) is 18.6. The minimum Gasteiger partial charge on any atom is -0.465 e. The fourth-order valence-electron chi connectivity index (χ4n) is 3.82. The highest BCUT2D eigenvalue weighted by Gasteiger charge is 2.24. The first kappa shape index (κ1) is 21.1. The topological polar surface area (TPSA) is 91.5 Å². The van der Waals surface area contributed by atoms with Crippen LogP contribution in [0.15, 0.2) is 46.9 Å². The van der Waals surface area contributed by atoms with Gasteiger partial charge in [0, 0.05) is 64.7 Å². The van der Waals surface area contributed by atoms with Crippen LogP contribution in [0, 0.1) is 0 Å². The molecular formula is C23H22BrN3O4. The fourth-order valence-corrected chi connectivity index (χ4v) is 4.08. The van der Waals surface area contributed by atoms with E-state index in [-0.39, 0.29) is 30.7 Å². The third-order valence-corrected chi connectivity index (χ3v) is 6.01. The Kier molecular flexibility index (Phi) is 6.08. The second-order valence-electron chi connectivity index (χ2n) is 7.41. The Balaban J connectivity index is 1.39. The molecular weight excluding hydrogens is 462 g/mol. The van der Waals surface area contributed by atoms with Crippen LogP contribution in [0.2, 0.25) is 0 Å². The maximum atomic E-state index is 12.7. The number of esters is 1. The number of hydrogen-bond acceptors (Lipinski definition) is 4. The minimum atomic E-state index is -0.387. The number of ether oxygens (including phenoxy) is 1. The number of methoxy groups -OCH3 is 1. The number of carbonyl (C=O) groups is 3. The largest absolute Gasteiger partial charge is 0.465 e. The van der Waals surface area contributed by atoms with Crippen molar-refractivity contribution < 1.29 is 19.1 Å². The van der Waals surface area contributed by atoms with E-state index in [1.54, 1.807) is 35.2 Å². The highest BCUT2D eigenvalue weighted by Crippen LogP contribution is 2.29. The fraction of sp³-hybridized carbons (Fsp3) is 0.261. The molecule has 160 valence electrons. The Hall–Kier alpha value is -3.13. The molecule has 3 aromatic rings. The number of hydrogen-bond donors (Lipinski definition) is 2. The molecule has 8 heteroatoms. The molecule has 0 saturated carbocycles. The van der Waals surface area contributed by atoms with E-state index in [1.807, 2.05) is 12.1 Å². The molecule has 4 rings (SSSR count). The van der Waals surface area contributed by atoms with Crippen molar-refractivity contribution in [3.8, 4) is 0 Å². The molecule has 2 heterocycles. The molecule has 1 aliphatic heterocycles. The predicted octanol–water partition coefficient (Wildman–Crippen LogP) is 3.42. The van der Waals surface area contributed by atoms with Gasteiger partial charge in [-0.15, -0.1) is 0 Å². The van der Waals surface area contributed by atoms with Gasteiger partial charge in [0.05, 0.1) is 12.7 Å². The van der Waals surface area contributed by atoms with E-state index in [0.29, 0.717) is 30.6 Å². The Morgan fingerprint density at radius 1 is 1.13 bits per heavy atom. The summed E-state index contributed by atoms with van der Waals surface area (Å²) < 4.78 is 5.72. The molecule has 7 nitrogen and oxygen atoms in total. The van der Waals surface area contributed by atoms with Gasteiger partial charge in [0.15, 0.2) is 0 Å². The number of benzene rings is 2. The second kappa shape index (κ2) is 8.93. The number of H-pyrrole nitrogens is 1. The molecule has 0 aliphatic carbocycles. The summed E-state index contributed by atoms with van der Waals surface area (Å²) in [5.74, 6) is -0.601. The summed E-state index contributed by atoms with van der Waals surface area (Å²) in [5, 5.41) is 3.73. The normalized spacial score (nSPS) is 13.0. The van der Waals surface area contributed by atoms with E-state index in [9.17, 15) is 14.4 Å². The molecule has 0 saturated heterocycles. The van der Waals surface area contributed by atoms with Crippen molar-refractivity contribution in [1.29, 1.82) is 0 Å². The third-order valence-electron chi connectivity index (χ3n) is 5.48. The van der Waals surface area contributed by atoms with Gasteiger partial charge in [0.25, 0.3) is 5.91 Å². The number of amides is 2. The Morgan fingerprint density at radius 3 is 2.61 bits per heavy atom. The van der Waals surface area contributed by atoms with Gasteiger partial charge in [0.1, 0.15) is 0 Å². The molecule has 0 fully saturated rings. The summed E-state index contributed by atoms with van der Waals surface area (Å²) in [6.45, 7) is 1.36. The van der Waals surface area contributed by atoms with Crippen LogP contribution in [-0.2, 0) is 22.5 Å². The molecule has 0 radical (unpaired) electrons. The van der Waals surface area contributed by atoms with Crippen LogP contribution in [0.5, 0.6) is 0 Å².